The molecule has 0 saturated carbocycles. The SMILES string of the molecule is Cc1ccc(-c2[nH]ncc2CN2CC[C@@H](c3ccccc3)[C@@H](CO)C2)cc1. The molecule has 0 amide bonds. The first kappa shape index (κ1) is 18.0. The van der Waals surface area contributed by atoms with Gasteiger partial charge >= 0.3 is 0 Å². The highest BCUT2D eigenvalue weighted by Crippen LogP contribution is 2.34. The molecule has 2 atom stereocenters. The maximum atomic E-state index is 9.98. The highest BCUT2D eigenvalue weighted by Gasteiger charge is 2.30. The Balaban J connectivity index is 1.47. The number of aromatic amines is 1. The second-order valence-electron chi connectivity index (χ2n) is 7.62. The molecule has 0 radical (unpaired) electrons. The van der Waals surface area contributed by atoms with Crippen molar-refractivity contribution < 1.29 is 5.11 Å². The molecule has 0 unspecified atom stereocenters. The molecule has 1 aliphatic heterocycles. The van der Waals surface area contributed by atoms with Gasteiger partial charge in [0, 0.05) is 31.2 Å². The van der Waals surface area contributed by atoms with Gasteiger partial charge in [0.15, 0.2) is 0 Å². The number of piperidine rings is 1. The van der Waals surface area contributed by atoms with E-state index in [9.17, 15) is 5.11 Å². The lowest BCUT2D eigenvalue weighted by atomic mass is 9.81. The fourth-order valence-electron chi connectivity index (χ4n) is 4.22. The minimum Gasteiger partial charge on any atom is -0.396 e. The van der Waals surface area contributed by atoms with Crippen molar-refractivity contribution in [3.8, 4) is 11.3 Å². The second kappa shape index (κ2) is 8.07. The molecule has 1 saturated heterocycles. The van der Waals surface area contributed by atoms with Crippen LogP contribution >= 0.6 is 0 Å². The van der Waals surface area contributed by atoms with Gasteiger partial charge in [0.2, 0.25) is 0 Å². The molecule has 4 rings (SSSR count). The zero-order valence-electron chi connectivity index (χ0n) is 15.8. The zero-order valence-corrected chi connectivity index (χ0v) is 15.8. The Morgan fingerprint density at radius 1 is 1.11 bits per heavy atom. The second-order valence-corrected chi connectivity index (χ2v) is 7.62. The van der Waals surface area contributed by atoms with Crippen LogP contribution in [0.15, 0.2) is 60.8 Å². The van der Waals surface area contributed by atoms with Gasteiger partial charge in [0.1, 0.15) is 0 Å². The number of likely N-dealkylation sites (tertiary alicyclic amines) is 1. The van der Waals surface area contributed by atoms with E-state index in [-0.39, 0.29) is 12.5 Å². The normalized spacial score (nSPS) is 20.7. The highest BCUT2D eigenvalue weighted by molar-refractivity contribution is 5.62. The van der Waals surface area contributed by atoms with Crippen LogP contribution in [0.3, 0.4) is 0 Å². The minimum absolute atomic E-state index is 0.228. The number of aryl methyl sites for hydroxylation is 1. The van der Waals surface area contributed by atoms with Crippen molar-refractivity contribution in [2.24, 2.45) is 5.92 Å². The van der Waals surface area contributed by atoms with Gasteiger partial charge in [-0.3, -0.25) is 10.00 Å². The molecule has 3 aromatic rings. The third-order valence-electron chi connectivity index (χ3n) is 5.73. The summed E-state index contributed by atoms with van der Waals surface area (Å²) in [5, 5.41) is 17.4. The summed E-state index contributed by atoms with van der Waals surface area (Å²) in [5.74, 6) is 0.712. The van der Waals surface area contributed by atoms with E-state index in [0.29, 0.717) is 5.92 Å². The molecule has 0 aliphatic carbocycles. The molecule has 140 valence electrons. The number of nitrogens with zero attached hydrogens (tertiary/aromatic N) is 2. The van der Waals surface area contributed by atoms with E-state index in [1.807, 2.05) is 6.20 Å². The Hall–Kier alpha value is -2.43. The number of hydrogen-bond acceptors (Lipinski definition) is 3. The van der Waals surface area contributed by atoms with E-state index < -0.39 is 0 Å². The van der Waals surface area contributed by atoms with Crippen LogP contribution in [0.25, 0.3) is 11.3 Å². The molecule has 1 fully saturated rings. The average Bonchev–Trinajstić information content (AvgIpc) is 3.17. The number of aromatic nitrogens is 2. The number of hydrogen-bond donors (Lipinski definition) is 2. The van der Waals surface area contributed by atoms with Crippen LogP contribution in [0.2, 0.25) is 0 Å². The number of benzene rings is 2. The lowest BCUT2D eigenvalue weighted by Crippen LogP contribution is -2.40. The summed E-state index contributed by atoms with van der Waals surface area (Å²) in [6.07, 6.45) is 3.01. The third kappa shape index (κ3) is 3.97. The first-order valence-corrected chi connectivity index (χ1v) is 9.72. The van der Waals surface area contributed by atoms with Crippen molar-refractivity contribution in [2.75, 3.05) is 19.7 Å². The molecular weight excluding hydrogens is 334 g/mol. The van der Waals surface area contributed by atoms with Crippen LogP contribution in [0, 0.1) is 12.8 Å². The summed E-state index contributed by atoms with van der Waals surface area (Å²) < 4.78 is 0. The van der Waals surface area contributed by atoms with Crippen molar-refractivity contribution in [2.45, 2.75) is 25.8 Å². The van der Waals surface area contributed by atoms with Gasteiger partial charge in [0.05, 0.1) is 11.9 Å². The summed E-state index contributed by atoms with van der Waals surface area (Å²) in [5.41, 5.74) is 6.09. The summed E-state index contributed by atoms with van der Waals surface area (Å²) >= 11 is 0. The van der Waals surface area contributed by atoms with Crippen molar-refractivity contribution >= 4 is 0 Å². The first-order valence-electron chi connectivity index (χ1n) is 9.72. The van der Waals surface area contributed by atoms with E-state index in [4.69, 9.17) is 0 Å². The zero-order chi connectivity index (χ0) is 18.6. The quantitative estimate of drug-likeness (QED) is 0.723. The van der Waals surface area contributed by atoms with Crippen LogP contribution in [0.5, 0.6) is 0 Å². The van der Waals surface area contributed by atoms with E-state index in [0.717, 1.165) is 31.7 Å². The third-order valence-corrected chi connectivity index (χ3v) is 5.73. The molecular formula is C23H27N3O. The number of aliphatic hydroxyl groups is 1. The molecule has 0 spiro atoms. The number of rotatable bonds is 5. The van der Waals surface area contributed by atoms with Gasteiger partial charge in [0.25, 0.3) is 0 Å². The van der Waals surface area contributed by atoms with Crippen LogP contribution in [0.1, 0.15) is 29.0 Å². The lowest BCUT2D eigenvalue weighted by molar-refractivity contribution is 0.0973. The fraction of sp³-hybridized carbons (Fsp3) is 0.348. The van der Waals surface area contributed by atoms with Crippen LogP contribution in [-0.2, 0) is 6.54 Å². The Bertz CT molecular complexity index is 857. The van der Waals surface area contributed by atoms with Gasteiger partial charge < -0.3 is 5.11 Å². The number of aliphatic hydroxyl groups excluding tert-OH is 1. The Morgan fingerprint density at radius 2 is 1.89 bits per heavy atom. The number of nitrogens with one attached hydrogen (secondary N) is 1. The average molecular weight is 361 g/mol. The van der Waals surface area contributed by atoms with Crippen LogP contribution in [0.4, 0.5) is 0 Å². The van der Waals surface area contributed by atoms with Crippen molar-refractivity contribution in [1.29, 1.82) is 0 Å². The maximum Gasteiger partial charge on any atom is 0.0695 e. The van der Waals surface area contributed by atoms with E-state index in [1.165, 1.54) is 22.3 Å². The Labute approximate surface area is 160 Å². The van der Waals surface area contributed by atoms with E-state index in [1.54, 1.807) is 0 Å². The molecule has 2 aromatic carbocycles. The molecule has 2 N–H and O–H groups in total. The molecule has 4 nitrogen and oxygen atoms in total. The van der Waals surface area contributed by atoms with Crippen molar-refractivity contribution in [3.05, 3.63) is 77.5 Å². The molecule has 4 heteroatoms. The molecule has 1 aromatic heterocycles. The highest BCUT2D eigenvalue weighted by atomic mass is 16.3. The molecule has 2 heterocycles. The molecule has 1 aliphatic rings. The predicted octanol–water partition coefficient (Wildman–Crippen LogP) is 3.98. The largest absolute Gasteiger partial charge is 0.396 e. The summed E-state index contributed by atoms with van der Waals surface area (Å²) in [6, 6.07) is 19.2. The fourth-order valence-corrected chi connectivity index (χ4v) is 4.22. The monoisotopic (exact) mass is 361 g/mol. The summed E-state index contributed by atoms with van der Waals surface area (Å²) in [4.78, 5) is 2.45. The molecule has 0 bridgehead atoms. The van der Waals surface area contributed by atoms with Crippen molar-refractivity contribution in [1.82, 2.24) is 15.1 Å². The van der Waals surface area contributed by atoms with Gasteiger partial charge in [-0.2, -0.15) is 5.10 Å². The van der Waals surface area contributed by atoms with Gasteiger partial charge in [-0.1, -0.05) is 60.2 Å². The summed E-state index contributed by atoms with van der Waals surface area (Å²) in [7, 11) is 0. The number of H-pyrrole nitrogens is 1. The van der Waals surface area contributed by atoms with E-state index >= 15 is 0 Å². The van der Waals surface area contributed by atoms with E-state index in [2.05, 4.69) is 76.6 Å². The standard InChI is InChI=1S/C23H27N3O/c1-17-7-9-19(10-8-17)23-20(13-24-25-23)14-26-12-11-22(21(15-26)16-27)18-5-3-2-4-6-18/h2-10,13,21-22,27H,11-12,14-16H2,1H3,(H,24,25)/t21-,22+/m1/s1. The predicted molar refractivity (Wildman–Crippen MR) is 108 cm³/mol. The topological polar surface area (TPSA) is 52.2 Å². The maximum absolute atomic E-state index is 9.98. The van der Waals surface area contributed by atoms with Gasteiger partial charge in [-0.25, -0.2) is 0 Å². The minimum atomic E-state index is 0.228. The van der Waals surface area contributed by atoms with Crippen LogP contribution in [-0.4, -0.2) is 39.9 Å². The Morgan fingerprint density at radius 3 is 2.63 bits per heavy atom. The lowest BCUT2D eigenvalue weighted by Gasteiger charge is -2.38. The summed E-state index contributed by atoms with van der Waals surface area (Å²) in [6.45, 7) is 5.14. The smallest absolute Gasteiger partial charge is 0.0695 e. The van der Waals surface area contributed by atoms with Crippen molar-refractivity contribution in [3.63, 3.8) is 0 Å². The van der Waals surface area contributed by atoms with Gasteiger partial charge in [-0.15, -0.1) is 0 Å². The van der Waals surface area contributed by atoms with Gasteiger partial charge in [-0.05, 0) is 36.9 Å². The first-order chi connectivity index (χ1) is 13.2. The van der Waals surface area contributed by atoms with Crippen LogP contribution < -0.4 is 0 Å². The Kier molecular flexibility index (Phi) is 5.37. The molecule has 27 heavy (non-hydrogen) atoms.